The predicted molar refractivity (Wildman–Crippen MR) is 107 cm³/mol. The van der Waals surface area contributed by atoms with Crippen molar-refractivity contribution in [2.75, 3.05) is 45.8 Å². The first-order valence-corrected chi connectivity index (χ1v) is 11.1. The van der Waals surface area contributed by atoms with Crippen LogP contribution in [0, 0.1) is 5.82 Å². The van der Waals surface area contributed by atoms with Gasteiger partial charge in [-0.25, -0.2) is 12.8 Å². The molecule has 1 aromatic carbocycles. The maximum atomic E-state index is 13.1. The van der Waals surface area contributed by atoms with Gasteiger partial charge in [0, 0.05) is 32.2 Å². The van der Waals surface area contributed by atoms with Crippen LogP contribution in [0.25, 0.3) is 0 Å². The second-order valence-electron chi connectivity index (χ2n) is 7.26. The van der Waals surface area contributed by atoms with Gasteiger partial charge in [-0.05, 0) is 44.7 Å². The summed E-state index contributed by atoms with van der Waals surface area (Å²) in [6.07, 6.45) is 0. The molecule has 0 spiro atoms. The number of likely N-dealkylation sites (N-methyl/N-ethyl adjacent to an activating group) is 1. The third-order valence-electron chi connectivity index (χ3n) is 4.67. The molecular weight excluding hydrogens is 399 g/mol. The Balaban J connectivity index is 1.90. The molecule has 29 heavy (non-hydrogen) atoms. The number of piperazine rings is 1. The monoisotopic (exact) mass is 428 g/mol. The molecule has 1 aliphatic rings. The summed E-state index contributed by atoms with van der Waals surface area (Å²) in [6.45, 7) is 7.31. The van der Waals surface area contributed by atoms with Crippen molar-refractivity contribution in [1.82, 2.24) is 19.4 Å². The Hall–Kier alpha value is -2.04. The number of halogens is 1. The third kappa shape index (κ3) is 6.48. The maximum Gasteiger partial charge on any atom is 0.243 e. The lowest BCUT2D eigenvalue weighted by Crippen LogP contribution is -2.53. The summed E-state index contributed by atoms with van der Waals surface area (Å²) in [4.78, 5) is 27.9. The highest BCUT2D eigenvalue weighted by molar-refractivity contribution is 7.89. The van der Waals surface area contributed by atoms with Crippen molar-refractivity contribution in [3.05, 3.63) is 30.1 Å². The van der Waals surface area contributed by atoms with Crippen LogP contribution in [-0.4, -0.2) is 86.2 Å². The number of carbonyl (C=O) groups excluding carboxylic acids is 2. The van der Waals surface area contributed by atoms with Gasteiger partial charge >= 0.3 is 0 Å². The molecule has 1 N–H and O–H groups in total. The largest absolute Gasteiger partial charge is 0.353 e. The van der Waals surface area contributed by atoms with E-state index >= 15 is 0 Å². The number of rotatable bonds is 8. The Kier molecular flexibility index (Phi) is 8.12. The van der Waals surface area contributed by atoms with Crippen LogP contribution in [0.1, 0.15) is 20.8 Å². The van der Waals surface area contributed by atoms with Crippen LogP contribution in [-0.2, 0) is 19.6 Å². The summed E-state index contributed by atoms with van der Waals surface area (Å²) in [5.41, 5.74) is 0. The number of nitrogens with one attached hydrogen (secondary N) is 1. The fourth-order valence-electron chi connectivity index (χ4n) is 3.08. The molecule has 1 aliphatic heterocycles. The topological polar surface area (TPSA) is 90.0 Å². The average molecular weight is 429 g/mol. The molecule has 1 fully saturated rings. The molecule has 0 unspecified atom stereocenters. The van der Waals surface area contributed by atoms with Crippen LogP contribution in [0.2, 0.25) is 0 Å². The minimum atomic E-state index is -3.72. The van der Waals surface area contributed by atoms with Gasteiger partial charge in [0.1, 0.15) is 5.82 Å². The van der Waals surface area contributed by atoms with Crippen molar-refractivity contribution in [3.8, 4) is 0 Å². The molecule has 1 heterocycles. The Morgan fingerprint density at radius 2 is 1.69 bits per heavy atom. The van der Waals surface area contributed by atoms with E-state index in [1.807, 2.05) is 20.8 Å². The number of benzene rings is 1. The molecule has 8 nitrogen and oxygen atoms in total. The summed E-state index contributed by atoms with van der Waals surface area (Å²) in [5, 5.41) is 2.80. The van der Waals surface area contributed by atoms with E-state index in [0.717, 1.165) is 12.1 Å². The molecular formula is C19H29FN4O4S. The lowest BCUT2D eigenvalue weighted by atomic mass is 10.3. The van der Waals surface area contributed by atoms with Gasteiger partial charge in [-0.15, -0.1) is 0 Å². The van der Waals surface area contributed by atoms with Gasteiger partial charge < -0.3 is 10.2 Å². The maximum absolute atomic E-state index is 13.1. The summed E-state index contributed by atoms with van der Waals surface area (Å²) in [6, 6.07) is 4.74. The summed E-state index contributed by atoms with van der Waals surface area (Å²) < 4.78 is 39.7. The zero-order valence-corrected chi connectivity index (χ0v) is 17.9. The van der Waals surface area contributed by atoms with Crippen molar-refractivity contribution in [3.63, 3.8) is 0 Å². The molecule has 0 aromatic heterocycles. The third-order valence-corrected chi connectivity index (χ3v) is 6.58. The second kappa shape index (κ2) is 10.1. The lowest BCUT2D eigenvalue weighted by molar-refractivity contribution is -0.134. The molecule has 1 saturated heterocycles. The fourth-order valence-corrected chi connectivity index (χ4v) is 4.50. The molecule has 0 saturated carbocycles. The first-order chi connectivity index (χ1) is 13.6. The summed E-state index contributed by atoms with van der Waals surface area (Å²) in [5.74, 6) is -0.769. The van der Waals surface area contributed by atoms with Gasteiger partial charge in [0.2, 0.25) is 21.8 Å². The molecule has 0 radical (unpaired) electrons. The molecule has 1 aromatic rings. The zero-order chi connectivity index (χ0) is 21.6. The van der Waals surface area contributed by atoms with Gasteiger partial charge in [0.15, 0.2) is 0 Å². The second-order valence-corrected chi connectivity index (χ2v) is 9.20. The van der Waals surface area contributed by atoms with Gasteiger partial charge in [-0.1, -0.05) is 6.92 Å². The van der Waals surface area contributed by atoms with Crippen LogP contribution >= 0.6 is 0 Å². The van der Waals surface area contributed by atoms with Crippen molar-refractivity contribution in [2.45, 2.75) is 31.7 Å². The number of sulfonamides is 1. The number of amides is 2. The number of hydrogen-bond donors (Lipinski definition) is 1. The van der Waals surface area contributed by atoms with Gasteiger partial charge in [0.25, 0.3) is 0 Å². The highest BCUT2D eigenvalue weighted by atomic mass is 32.2. The van der Waals surface area contributed by atoms with E-state index < -0.39 is 15.8 Å². The van der Waals surface area contributed by atoms with Crippen molar-refractivity contribution in [1.29, 1.82) is 0 Å². The minimum Gasteiger partial charge on any atom is -0.353 e. The SMILES string of the molecule is CCN(CC(=O)NC(C)C)CC(=O)N1CCN(S(=O)(=O)c2ccc(F)cc2)CC1. The van der Waals surface area contributed by atoms with Crippen LogP contribution in [0.3, 0.4) is 0 Å². The van der Waals surface area contributed by atoms with Crippen LogP contribution < -0.4 is 5.32 Å². The quantitative estimate of drug-likeness (QED) is 0.652. The standard InChI is InChI=1S/C19H29FN4O4S/c1-4-22(13-18(25)21-15(2)3)14-19(26)23-9-11-24(12-10-23)29(27,28)17-7-5-16(20)6-8-17/h5-8,15H,4,9-14H2,1-3H3,(H,21,25). The van der Waals surface area contributed by atoms with Crippen LogP contribution in [0.4, 0.5) is 4.39 Å². The molecule has 0 bridgehead atoms. The van der Waals surface area contributed by atoms with Crippen LogP contribution in [0.5, 0.6) is 0 Å². The molecule has 0 atom stereocenters. The fraction of sp³-hybridized carbons (Fsp3) is 0.579. The molecule has 162 valence electrons. The van der Waals surface area contributed by atoms with Crippen LogP contribution in [0.15, 0.2) is 29.2 Å². The van der Waals surface area contributed by atoms with Crippen molar-refractivity contribution >= 4 is 21.8 Å². The van der Waals surface area contributed by atoms with E-state index in [0.29, 0.717) is 6.54 Å². The number of nitrogens with zero attached hydrogens (tertiary/aromatic N) is 3. The molecule has 2 rings (SSSR count). The Morgan fingerprint density at radius 1 is 1.10 bits per heavy atom. The van der Waals surface area contributed by atoms with E-state index in [2.05, 4.69) is 5.32 Å². The van der Waals surface area contributed by atoms with Crippen molar-refractivity contribution in [2.24, 2.45) is 0 Å². The first-order valence-electron chi connectivity index (χ1n) is 9.68. The highest BCUT2D eigenvalue weighted by Crippen LogP contribution is 2.18. The Bertz CT molecular complexity index is 806. The Labute approximate surface area is 171 Å². The van der Waals surface area contributed by atoms with E-state index in [-0.39, 0.29) is 62.0 Å². The molecule has 2 amide bonds. The smallest absolute Gasteiger partial charge is 0.243 e. The van der Waals surface area contributed by atoms with Gasteiger partial charge in [0.05, 0.1) is 18.0 Å². The lowest BCUT2D eigenvalue weighted by Gasteiger charge is -2.35. The minimum absolute atomic E-state index is 0.0343. The number of hydrogen-bond acceptors (Lipinski definition) is 5. The average Bonchev–Trinajstić information content (AvgIpc) is 2.67. The first kappa shape index (κ1) is 23.2. The van der Waals surface area contributed by atoms with E-state index in [4.69, 9.17) is 0 Å². The zero-order valence-electron chi connectivity index (χ0n) is 17.1. The van der Waals surface area contributed by atoms with Gasteiger partial charge in [-0.2, -0.15) is 4.31 Å². The van der Waals surface area contributed by atoms with E-state index in [1.54, 1.807) is 9.80 Å². The summed E-state index contributed by atoms with van der Waals surface area (Å²) >= 11 is 0. The van der Waals surface area contributed by atoms with E-state index in [9.17, 15) is 22.4 Å². The molecule has 10 heteroatoms. The summed E-state index contributed by atoms with van der Waals surface area (Å²) in [7, 11) is -3.72. The highest BCUT2D eigenvalue weighted by Gasteiger charge is 2.30. The predicted octanol–water partition coefficient (Wildman–Crippen LogP) is 0.505. The normalized spacial score (nSPS) is 15.7. The van der Waals surface area contributed by atoms with Gasteiger partial charge in [-0.3, -0.25) is 14.5 Å². The Morgan fingerprint density at radius 3 is 2.21 bits per heavy atom. The van der Waals surface area contributed by atoms with Crippen molar-refractivity contribution < 1.29 is 22.4 Å². The number of carbonyl (C=O) groups is 2. The van der Waals surface area contributed by atoms with E-state index in [1.165, 1.54) is 16.4 Å². The molecule has 0 aliphatic carbocycles.